The van der Waals surface area contributed by atoms with E-state index in [1.165, 1.54) is 16.9 Å². The molecule has 0 bridgehead atoms. The summed E-state index contributed by atoms with van der Waals surface area (Å²) in [6.07, 6.45) is -1.83. The maximum atomic E-state index is 12.7. The van der Waals surface area contributed by atoms with Crippen LogP contribution in [0.2, 0.25) is 5.02 Å². The van der Waals surface area contributed by atoms with Gasteiger partial charge in [0.15, 0.2) is 16.8 Å². The number of halogens is 4. The third-order valence-electron chi connectivity index (χ3n) is 3.25. The van der Waals surface area contributed by atoms with Gasteiger partial charge in [0.05, 0.1) is 5.02 Å². The Kier molecular flexibility index (Phi) is 4.48. The molecule has 0 aliphatic carbocycles. The second-order valence-corrected chi connectivity index (χ2v) is 5.59. The first-order valence-corrected chi connectivity index (χ1v) is 7.51. The van der Waals surface area contributed by atoms with Gasteiger partial charge >= 0.3 is 6.36 Å². The molecule has 0 aliphatic heterocycles. The molecular formula is C14H13ClF3N5O2. The lowest BCUT2D eigenvalue weighted by Gasteiger charge is -2.12. The summed E-state index contributed by atoms with van der Waals surface area (Å²) in [5.74, 6) is -0.641. The molecule has 0 aliphatic rings. The lowest BCUT2D eigenvalue weighted by molar-refractivity contribution is -0.274. The molecule has 2 heterocycles. The zero-order valence-electron chi connectivity index (χ0n) is 12.8. The smallest absolute Gasteiger partial charge is 0.421 e. The number of aromatic nitrogens is 3. The standard InChI is InChI=1S/C14H13ClF3N5O2/c1-7(6-19)21-13-22-10-11(25-14(16,17)18)8(15)5-9(12(10)24-13)23-4-2-3-20-23/h2-5,7H,6,19H2,1H3,(H,21,22)/t7-/m0/s1. The summed E-state index contributed by atoms with van der Waals surface area (Å²) in [4.78, 5) is 4.03. The average molecular weight is 376 g/mol. The van der Waals surface area contributed by atoms with Crippen LogP contribution in [-0.2, 0) is 0 Å². The molecule has 25 heavy (non-hydrogen) atoms. The van der Waals surface area contributed by atoms with E-state index < -0.39 is 12.1 Å². The first-order chi connectivity index (χ1) is 11.8. The van der Waals surface area contributed by atoms with E-state index in [4.69, 9.17) is 21.8 Å². The Balaban J connectivity index is 2.19. The SMILES string of the molecule is C[C@@H](CN)Nc1nc2c(OC(F)(F)F)c(Cl)cc(-n3cccn3)c2o1. The number of benzene rings is 1. The molecule has 3 rings (SSSR count). The summed E-state index contributed by atoms with van der Waals surface area (Å²) < 4.78 is 49.1. The number of alkyl halides is 3. The Bertz CT molecular complexity index is 879. The van der Waals surface area contributed by atoms with Gasteiger partial charge in [0.25, 0.3) is 6.01 Å². The van der Waals surface area contributed by atoms with Gasteiger partial charge in [0.2, 0.25) is 0 Å². The largest absolute Gasteiger partial charge is 0.573 e. The third-order valence-corrected chi connectivity index (χ3v) is 3.53. The minimum atomic E-state index is -4.93. The molecule has 0 saturated carbocycles. The minimum Gasteiger partial charge on any atom is -0.421 e. The second kappa shape index (κ2) is 6.45. The first-order valence-electron chi connectivity index (χ1n) is 7.14. The van der Waals surface area contributed by atoms with Gasteiger partial charge < -0.3 is 20.2 Å². The number of hydrogen-bond acceptors (Lipinski definition) is 6. The molecule has 0 amide bonds. The Morgan fingerprint density at radius 2 is 2.24 bits per heavy atom. The van der Waals surface area contributed by atoms with Crippen molar-refractivity contribution in [2.24, 2.45) is 5.73 Å². The summed E-state index contributed by atoms with van der Waals surface area (Å²) in [6.45, 7) is 2.04. The highest BCUT2D eigenvalue weighted by Crippen LogP contribution is 2.41. The molecule has 134 valence electrons. The zero-order chi connectivity index (χ0) is 18.2. The van der Waals surface area contributed by atoms with Crippen molar-refractivity contribution < 1.29 is 22.3 Å². The number of nitrogens with zero attached hydrogens (tertiary/aromatic N) is 3. The van der Waals surface area contributed by atoms with Gasteiger partial charge in [-0.15, -0.1) is 13.2 Å². The number of oxazole rings is 1. The van der Waals surface area contributed by atoms with Crippen molar-refractivity contribution in [2.45, 2.75) is 19.3 Å². The molecule has 3 aromatic rings. The van der Waals surface area contributed by atoms with Crippen molar-refractivity contribution in [3.8, 4) is 11.4 Å². The van der Waals surface area contributed by atoms with Crippen LogP contribution in [-0.4, -0.2) is 33.7 Å². The Hall–Kier alpha value is -2.46. The number of anilines is 1. The maximum absolute atomic E-state index is 12.7. The monoisotopic (exact) mass is 375 g/mol. The van der Waals surface area contributed by atoms with Crippen LogP contribution in [0.5, 0.6) is 5.75 Å². The fraction of sp³-hybridized carbons (Fsp3) is 0.286. The molecule has 3 N–H and O–H groups in total. The van der Waals surface area contributed by atoms with E-state index in [0.717, 1.165) is 0 Å². The molecule has 0 unspecified atom stereocenters. The molecule has 0 radical (unpaired) electrons. The number of ether oxygens (including phenoxy) is 1. The molecule has 1 aromatic carbocycles. The van der Waals surface area contributed by atoms with E-state index in [1.807, 2.05) is 0 Å². The van der Waals surface area contributed by atoms with Crippen LogP contribution >= 0.6 is 11.6 Å². The number of nitrogens with one attached hydrogen (secondary N) is 1. The van der Waals surface area contributed by atoms with E-state index in [1.54, 1.807) is 19.2 Å². The van der Waals surface area contributed by atoms with Gasteiger partial charge in [-0.25, -0.2) is 4.68 Å². The quantitative estimate of drug-likeness (QED) is 0.710. The van der Waals surface area contributed by atoms with Gasteiger partial charge in [-0.05, 0) is 19.1 Å². The van der Waals surface area contributed by atoms with E-state index in [9.17, 15) is 13.2 Å². The molecule has 1 atom stereocenters. The van der Waals surface area contributed by atoms with E-state index >= 15 is 0 Å². The highest BCUT2D eigenvalue weighted by Gasteiger charge is 2.34. The lowest BCUT2D eigenvalue weighted by Crippen LogP contribution is -2.25. The maximum Gasteiger partial charge on any atom is 0.573 e. The second-order valence-electron chi connectivity index (χ2n) is 5.18. The molecule has 0 saturated heterocycles. The fourth-order valence-electron chi connectivity index (χ4n) is 2.14. The van der Waals surface area contributed by atoms with Crippen LogP contribution in [0, 0.1) is 0 Å². The highest BCUT2D eigenvalue weighted by atomic mass is 35.5. The van der Waals surface area contributed by atoms with Gasteiger partial charge in [-0.1, -0.05) is 11.6 Å². The highest BCUT2D eigenvalue weighted by molar-refractivity contribution is 6.33. The van der Waals surface area contributed by atoms with Crippen molar-refractivity contribution in [2.75, 3.05) is 11.9 Å². The summed E-state index contributed by atoms with van der Waals surface area (Å²) in [6, 6.07) is 2.70. The number of nitrogens with two attached hydrogens (primary N) is 1. The van der Waals surface area contributed by atoms with Crippen molar-refractivity contribution in [1.82, 2.24) is 14.8 Å². The van der Waals surface area contributed by atoms with Crippen LogP contribution in [0.25, 0.3) is 16.8 Å². The summed E-state index contributed by atoms with van der Waals surface area (Å²) >= 11 is 5.99. The number of hydrogen-bond donors (Lipinski definition) is 2. The van der Waals surface area contributed by atoms with E-state index in [-0.39, 0.29) is 34.7 Å². The summed E-state index contributed by atoms with van der Waals surface area (Å²) in [7, 11) is 0. The minimum absolute atomic E-state index is 0.00403. The van der Waals surface area contributed by atoms with Gasteiger partial charge in [0.1, 0.15) is 5.69 Å². The van der Waals surface area contributed by atoms with Crippen molar-refractivity contribution in [3.63, 3.8) is 0 Å². The van der Waals surface area contributed by atoms with Crippen molar-refractivity contribution in [1.29, 1.82) is 0 Å². The molecule has 7 nitrogen and oxygen atoms in total. The topological polar surface area (TPSA) is 91.1 Å². The van der Waals surface area contributed by atoms with Crippen LogP contribution in [0.4, 0.5) is 19.2 Å². The normalized spacial score (nSPS) is 13.2. The van der Waals surface area contributed by atoms with Gasteiger partial charge in [0, 0.05) is 25.0 Å². The average Bonchev–Trinajstić information content (AvgIpc) is 3.18. The fourth-order valence-corrected chi connectivity index (χ4v) is 2.37. The van der Waals surface area contributed by atoms with E-state index in [0.29, 0.717) is 5.69 Å². The first kappa shape index (κ1) is 17.4. The molecular weight excluding hydrogens is 363 g/mol. The van der Waals surface area contributed by atoms with Crippen LogP contribution < -0.4 is 15.8 Å². The van der Waals surface area contributed by atoms with Crippen molar-refractivity contribution >= 4 is 28.7 Å². The predicted molar refractivity (Wildman–Crippen MR) is 85.0 cm³/mol. The predicted octanol–water partition coefficient (Wildman–Crippen LogP) is 3.32. The van der Waals surface area contributed by atoms with Crippen LogP contribution in [0.3, 0.4) is 0 Å². The molecule has 0 fully saturated rings. The Morgan fingerprint density at radius 3 is 2.84 bits per heavy atom. The van der Waals surface area contributed by atoms with Gasteiger partial charge in [-0.3, -0.25) is 0 Å². The van der Waals surface area contributed by atoms with Gasteiger partial charge in [-0.2, -0.15) is 10.1 Å². The molecule has 11 heteroatoms. The molecule has 2 aromatic heterocycles. The number of fused-ring (bicyclic) bond motifs is 1. The summed E-state index contributed by atoms with van der Waals surface area (Å²) in [5.41, 5.74) is 5.70. The third kappa shape index (κ3) is 3.64. The Labute approximate surface area is 144 Å². The van der Waals surface area contributed by atoms with Crippen LogP contribution in [0.15, 0.2) is 28.9 Å². The molecule has 0 spiro atoms. The summed E-state index contributed by atoms with van der Waals surface area (Å²) in [5, 5.41) is 6.61. The van der Waals surface area contributed by atoms with Crippen LogP contribution in [0.1, 0.15) is 6.92 Å². The lowest BCUT2D eigenvalue weighted by atomic mass is 10.2. The zero-order valence-corrected chi connectivity index (χ0v) is 13.6. The number of rotatable bonds is 5. The van der Waals surface area contributed by atoms with E-state index in [2.05, 4.69) is 20.1 Å². The van der Waals surface area contributed by atoms with Crippen molar-refractivity contribution in [3.05, 3.63) is 29.5 Å². The Morgan fingerprint density at radius 1 is 1.48 bits per heavy atom.